The lowest BCUT2D eigenvalue weighted by atomic mass is 10.1. The molecule has 0 amide bonds. The highest BCUT2D eigenvalue weighted by Crippen LogP contribution is 2.18. The molecule has 2 saturated heterocycles. The quantitative estimate of drug-likeness (QED) is 0.199. The van der Waals surface area contributed by atoms with E-state index in [1.807, 2.05) is 0 Å². The summed E-state index contributed by atoms with van der Waals surface area (Å²) < 4.78 is 0. The number of nitrogens with one attached hydrogen (secondary N) is 1. The first-order chi connectivity index (χ1) is 12.3. The third kappa shape index (κ3) is 6.35. The van der Waals surface area contributed by atoms with Crippen LogP contribution in [0.5, 0.6) is 0 Å². The van der Waals surface area contributed by atoms with Crippen molar-refractivity contribution in [1.29, 1.82) is 0 Å². The fraction of sp³-hybridized carbons (Fsp3) is 0.842. The summed E-state index contributed by atoms with van der Waals surface area (Å²) in [6.45, 7) is 11.5. The number of aliphatic hydroxyl groups is 1. The van der Waals surface area contributed by atoms with Gasteiger partial charge >= 0.3 is 0 Å². The van der Waals surface area contributed by atoms with E-state index in [-0.39, 0.29) is 30.1 Å². The molecule has 0 spiro atoms. The van der Waals surface area contributed by atoms with Gasteiger partial charge in [0.05, 0.1) is 6.10 Å². The molecule has 0 radical (unpaired) electrons. The molecule has 0 aliphatic carbocycles. The zero-order valence-electron chi connectivity index (χ0n) is 16.1. The lowest BCUT2D eigenvalue weighted by Gasteiger charge is -2.29. The Kier molecular flexibility index (Phi) is 9.66. The van der Waals surface area contributed by atoms with E-state index in [1.165, 1.54) is 6.42 Å². The SMILES string of the molecule is CCNC(=NCCCN1CCC(O)CC1)N1CCC(N2CC=CC2)C1.I. The van der Waals surface area contributed by atoms with E-state index < -0.39 is 0 Å². The molecule has 1 unspecified atom stereocenters. The highest BCUT2D eigenvalue weighted by molar-refractivity contribution is 14.0. The van der Waals surface area contributed by atoms with Gasteiger partial charge in [-0.15, -0.1) is 24.0 Å². The Hall–Kier alpha value is -0.380. The normalized spacial score (nSPS) is 25.7. The Labute approximate surface area is 175 Å². The molecule has 3 rings (SSSR count). The number of hydrogen-bond acceptors (Lipinski definition) is 4. The van der Waals surface area contributed by atoms with Crippen molar-refractivity contribution in [2.45, 2.75) is 44.8 Å². The van der Waals surface area contributed by atoms with Crippen molar-refractivity contribution in [2.75, 3.05) is 58.9 Å². The fourth-order valence-corrected chi connectivity index (χ4v) is 4.07. The number of halogens is 1. The summed E-state index contributed by atoms with van der Waals surface area (Å²) in [7, 11) is 0. The average molecular weight is 477 g/mol. The van der Waals surface area contributed by atoms with Gasteiger partial charge in [-0.05, 0) is 39.2 Å². The van der Waals surface area contributed by atoms with E-state index in [4.69, 9.17) is 4.99 Å². The molecule has 2 fully saturated rings. The standard InChI is InChI=1S/C19H35N5O.HI/c1-2-20-19(21-9-5-10-22-13-7-18(25)8-14-22)24-15-6-17(16-24)23-11-3-4-12-23;/h3-4,17-18,25H,2,5-16H2,1H3,(H,20,21);1H. The van der Waals surface area contributed by atoms with Gasteiger partial charge in [-0.3, -0.25) is 9.89 Å². The van der Waals surface area contributed by atoms with Crippen LogP contribution in [0.3, 0.4) is 0 Å². The molecule has 0 aromatic rings. The van der Waals surface area contributed by atoms with Crippen molar-refractivity contribution >= 4 is 29.9 Å². The van der Waals surface area contributed by atoms with Crippen LogP contribution in [0.15, 0.2) is 17.1 Å². The van der Waals surface area contributed by atoms with Crippen molar-refractivity contribution in [3.63, 3.8) is 0 Å². The monoisotopic (exact) mass is 477 g/mol. The van der Waals surface area contributed by atoms with Gasteiger partial charge in [0.1, 0.15) is 0 Å². The maximum atomic E-state index is 9.58. The van der Waals surface area contributed by atoms with Crippen molar-refractivity contribution in [1.82, 2.24) is 20.0 Å². The van der Waals surface area contributed by atoms with E-state index in [2.05, 4.69) is 39.1 Å². The minimum Gasteiger partial charge on any atom is -0.393 e. The Morgan fingerprint density at radius 2 is 1.88 bits per heavy atom. The van der Waals surface area contributed by atoms with Crippen molar-refractivity contribution < 1.29 is 5.11 Å². The van der Waals surface area contributed by atoms with Gasteiger partial charge in [0.25, 0.3) is 0 Å². The van der Waals surface area contributed by atoms with Gasteiger partial charge in [0.2, 0.25) is 0 Å². The molecule has 3 aliphatic heterocycles. The molecular formula is C19H36IN5O. The lowest BCUT2D eigenvalue weighted by Crippen LogP contribution is -2.43. The third-order valence-corrected chi connectivity index (χ3v) is 5.61. The number of guanidine groups is 1. The summed E-state index contributed by atoms with van der Waals surface area (Å²) in [5.41, 5.74) is 0. The van der Waals surface area contributed by atoms with Gasteiger partial charge < -0.3 is 20.2 Å². The number of likely N-dealkylation sites (tertiary alicyclic amines) is 2. The number of aliphatic imine (C=N–C) groups is 1. The fourth-order valence-electron chi connectivity index (χ4n) is 4.07. The van der Waals surface area contributed by atoms with E-state index >= 15 is 0 Å². The van der Waals surface area contributed by atoms with Crippen LogP contribution >= 0.6 is 24.0 Å². The lowest BCUT2D eigenvalue weighted by molar-refractivity contribution is 0.0824. The third-order valence-electron chi connectivity index (χ3n) is 5.61. The number of rotatable bonds is 6. The molecule has 2 N–H and O–H groups in total. The van der Waals surface area contributed by atoms with Crippen molar-refractivity contribution in [3.05, 3.63) is 12.2 Å². The Balaban J connectivity index is 0.00000243. The first-order valence-electron chi connectivity index (χ1n) is 10.1. The molecule has 0 bridgehead atoms. The molecule has 1 atom stereocenters. The summed E-state index contributed by atoms with van der Waals surface area (Å²) in [5, 5.41) is 13.1. The summed E-state index contributed by atoms with van der Waals surface area (Å²) in [6.07, 6.45) is 8.66. The van der Waals surface area contributed by atoms with Gasteiger partial charge in [0.15, 0.2) is 5.96 Å². The van der Waals surface area contributed by atoms with Gasteiger partial charge in [0, 0.05) is 58.4 Å². The van der Waals surface area contributed by atoms with Crippen LogP contribution in [0.4, 0.5) is 0 Å². The van der Waals surface area contributed by atoms with Crippen LogP contribution < -0.4 is 5.32 Å². The second-order valence-corrected chi connectivity index (χ2v) is 7.48. The predicted molar refractivity (Wildman–Crippen MR) is 118 cm³/mol. The molecule has 0 aromatic carbocycles. The zero-order chi connectivity index (χ0) is 17.5. The minimum atomic E-state index is -0.0800. The largest absolute Gasteiger partial charge is 0.393 e. The van der Waals surface area contributed by atoms with Crippen LogP contribution in [0, 0.1) is 0 Å². The Bertz CT molecular complexity index is 457. The highest BCUT2D eigenvalue weighted by atomic mass is 127. The average Bonchev–Trinajstić information content (AvgIpc) is 3.30. The first kappa shape index (κ1) is 21.9. The van der Waals surface area contributed by atoms with Crippen LogP contribution in [0.2, 0.25) is 0 Å². The van der Waals surface area contributed by atoms with E-state index in [0.717, 1.165) is 84.1 Å². The van der Waals surface area contributed by atoms with Crippen LogP contribution in [0.25, 0.3) is 0 Å². The number of aliphatic hydroxyl groups excluding tert-OH is 1. The van der Waals surface area contributed by atoms with Crippen LogP contribution in [-0.4, -0.2) is 96.8 Å². The maximum absolute atomic E-state index is 9.58. The minimum absolute atomic E-state index is 0. The molecule has 0 aromatic heterocycles. The van der Waals surface area contributed by atoms with Gasteiger partial charge in [-0.2, -0.15) is 0 Å². The van der Waals surface area contributed by atoms with Gasteiger partial charge in [-0.25, -0.2) is 0 Å². The smallest absolute Gasteiger partial charge is 0.193 e. The Morgan fingerprint density at radius 3 is 2.58 bits per heavy atom. The molecule has 0 saturated carbocycles. The summed E-state index contributed by atoms with van der Waals surface area (Å²) in [6, 6.07) is 0.665. The summed E-state index contributed by atoms with van der Waals surface area (Å²) in [4.78, 5) is 12.3. The second-order valence-electron chi connectivity index (χ2n) is 7.48. The first-order valence-corrected chi connectivity index (χ1v) is 10.1. The molecule has 3 heterocycles. The second kappa shape index (κ2) is 11.5. The van der Waals surface area contributed by atoms with Crippen molar-refractivity contribution in [3.8, 4) is 0 Å². The van der Waals surface area contributed by atoms with Gasteiger partial charge in [-0.1, -0.05) is 12.2 Å². The molecule has 26 heavy (non-hydrogen) atoms. The summed E-state index contributed by atoms with van der Waals surface area (Å²) >= 11 is 0. The molecule has 7 heteroatoms. The number of nitrogens with zero attached hydrogens (tertiary/aromatic N) is 4. The number of piperidine rings is 1. The molecule has 6 nitrogen and oxygen atoms in total. The van der Waals surface area contributed by atoms with Crippen molar-refractivity contribution in [2.24, 2.45) is 4.99 Å². The zero-order valence-corrected chi connectivity index (χ0v) is 18.5. The molecule has 150 valence electrons. The topological polar surface area (TPSA) is 54.3 Å². The van der Waals surface area contributed by atoms with E-state index in [0.29, 0.717) is 6.04 Å². The number of hydrogen-bond donors (Lipinski definition) is 2. The summed E-state index contributed by atoms with van der Waals surface area (Å²) in [5.74, 6) is 1.09. The Morgan fingerprint density at radius 1 is 1.15 bits per heavy atom. The molecule has 3 aliphatic rings. The predicted octanol–water partition coefficient (Wildman–Crippen LogP) is 1.36. The maximum Gasteiger partial charge on any atom is 0.193 e. The van der Waals surface area contributed by atoms with E-state index in [1.54, 1.807) is 0 Å². The van der Waals surface area contributed by atoms with Crippen LogP contribution in [-0.2, 0) is 0 Å². The molecular weight excluding hydrogens is 441 g/mol. The highest BCUT2D eigenvalue weighted by Gasteiger charge is 2.29. The van der Waals surface area contributed by atoms with E-state index in [9.17, 15) is 5.11 Å². The van der Waals surface area contributed by atoms with Crippen LogP contribution in [0.1, 0.15) is 32.6 Å².